The molecule has 2 aromatic carbocycles. The molecule has 0 saturated heterocycles. The van der Waals surface area contributed by atoms with Crippen molar-refractivity contribution >= 4 is 11.1 Å². The number of fused-ring (bicyclic) bond motifs is 1. The molecule has 4 heteroatoms. The zero-order valence-electron chi connectivity index (χ0n) is 9.46. The summed E-state index contributed by atoms with van der Waals surface area (Å²) < 4.78 is 4.92. The third-order valence-corrected chi connectivity index (χ3v) is 2.87. The van der Waals surface area contributed by atoms with E-state index in [9.17, 15) is 9.90 Å². The maximum atomic E-state index is 11.1. The molecule has 1 heterocycles. The minimum absolute atomic E-state index is 0.489. The Morgan fingerprint density at radius 3 is 2.61 bits per heavy atom. The van der Waals surface area contributed by atoms with E-state index in [1.165, 1.54) is 0 Å². The highest BCUT2D eigenvalue weighted by Crippen LogP contribution is 2.24. The molecule has 3 rings (SSSR count). The van der Waals surface area contributed by atoms with Crippen LogP contribution in [0.2, 0.25) is 0 Å². The number of H-pyrrole nitrogens is 1. The van der Waals surface area contributed by atoms with Gasteiger partial charge in [-0.2, -0.15) is 0 Å². The molecule has 1 unspecified atom stereocenters. The predicted molar refractivity (Wildman–Crippen MR) is 67.3 cm³/mol. The van der Waals surface area contributed by atoms with Crippen molar-refractivity contribution in [1.82, 2.24) is 4.98 Å². The van der Waals surface area contributed by atoms with E-state index in [4.69, 9.17) is 4.42 Å². The Morgan fingerprint density at radius 1 is 1.06 bits per heavy atom. The lowest BCUT2D eigenvalue weighted by molar-refractivity contribution is 0.220. The second kappa shape index (κ2) is 4.16. The van der Waals surface area contributed by atoms with Crippen LogP contribution in [0.3, 0.4) is 0 Å². The van der Waals surface area contributed by atoms with E-state index in [1.54, 1.807) is 18.2 Å². The van der Waals surface area contributed by atoms with E-state index in [-0.39, 0.29) is 0 Å². The van der Waals surface area contributed by atoms with Crippen LogP contribution in [-0.4, -0.2) is 10.1 Å². The van der Waals surface area contributed by atoms with Gasteiger partial charge >= 0.3 is 5.76 Å². The Balaban J connectivity index is 2.06. The molecule has 0 saturated carbocycles. The topological polar surface area (TPSA) is 66.2 Å². The summed E-state index contributed by atoms with van der Waals surface area (Å²) in [7, 11) is 0. The Morgan fingerprint density at radius 2 is 1.83 bits per heavy atom. The number of aromatic nitrogens is 1. The van der Waals surface area contributed by atoms with Crippen LogP contribution in [0.1, 0.15) is 17.2 Å². The summed E-state index contributed by atoms with van der Waals surface area (Å²) in [6.07, 6.45) is -0.714. The number of aliphatic hydroxyl groups is 1. The maximum absolute atomic E-state index is 11.1. The lowest BCUT2D eigenvalue weighted by Crippen LogP contribution is -1.99. The minimum atomic E-state index is -0.714. The Kier molecular flexibility index (Phi) is 2.50. The zero-order valence-corrected chi connectivity index (χ0v) is 9.46. The van der Waals surface area contributed by atoms with Gasteiger partial charge in [0.2, 0.25) is 0 Å². The molecule has 0 amide bonds. The van der Waals surface area contributed by atoms with Crippen molar-refractivity contribution in [2.45, 2.75) is 6.10 Å². The SMILES string of the molecule is O=c1[nH]c2cc(C(O)c3ccccc3)ccc2o1. The highest BCUT2D eigenvalue weighted by atomic mass is 16.4. The normalized spacial score (nSPS) is 12.7. The van der Waals surface area contributed by atoms with Gasteiger partial charge in [-0.25, -0.2) is 4.79 Å². The van der Waals surface area contributed by atoms with E-state index in [2.05, 4.69) is 4.98 Å². The molecule has 0 aliphatic heterocycles. The van der Waals surface area contributed by atoms with Crippen molar-refractivity contribution in [3.8, 4) is 0 Å². The maximum Gasteiger partial charge on any atom is 0.417 e. The van der Waals surface area contributed by atoms with Crippen molar-refractivity contribution in [1.29, 1.82) is 0 Å². The fourth-order valence-electron chi connectivity index (χ4n) is 1.97. The van der Waals surface area contributed by atoms with Crippen LogP contribution in [0.25, 0.3) is 11.1 Å². The Hall–Kier alpha value is -2.33. The van der Waals surface area contributed by atoms with E-state index < -0.39 is 11.9 Å². The van der Waals surface area contributed by atoms with Crippen LogP contribution in [0, 0.1) is 0 Å². The molecule has 2 N–H and O–H groups in total. The molecule has 1 aromatic heterocycles. The first kappa shape index (κ1) is 10.8. The zero-order chi connectivity index (χ0) is 12.5. The monoisotopic (exact) mass is 241 g/mol. The van der Waals surface area contributed by atoms with Crippen LogP contribution >= 0.6 is 0 Å². The molecule has 3 aromatic rings. The predicted octanol–water partition coefficient (Wildman–Crippen LogP) is 2.20. The van der Waals surface area contributed by atoms with Crippen LogP contribution < -0.4 is 5.76 Å². The summed E-state index contributed by atoms with van der Waals surface area (Å²) in [4.78, 5) is 13.6. The first-order chi connectivity index (χ1) is 8.74. The summed E-state index contributed by atoms with van der Waals surface area (Å²) in [6, 6.07) is 14.5. The van der Waals surface area contributed by atoms with Crippen LogP contribution in [0.5, 0.6) is 0 Å². The Labute approximate surface area is 103 Å². The van der Waals surface area contributed by atoms with Crippen molar-refractivity contribution in [3.05, 3.63) is 70.2 Å². The second-order valence-corrected chi connectivity index (χ2v) is 4.08. The largest absolute Gasteiger partial charge is 0.417 e. The number of rotatable bonds is 2. The number of hydrogen-bond donors (Lipinski definition) is 2. The summed E-state index contributed by atoms with van der Waals surface area (Å²) in [5, 5.41) is 10.2. The number of hydrogen-bond acceptors (Lipinski definition) is 3. The number of oxazole rings is 1. The molecular formula is C14H11NO3. The molecule has 1 atom stereocenters. The minimum Gasteiger partial charge on any atom is -0.408 e. The smallest absolute Gasteiger partial charge is 0.408 e. The third-order valence-electron chi connectivity index (χ3n) is 2.87. The van der Waals surface area contributed by atoms with E-state index in [1.807, 2.05) is 30.3 Å². The second-order valence-electron chi connectivity index (χ2n) is 4.08. The molecule has 4 nitrogen and oxygen atoms in total. The van der Waals surface area contributed by atoms with Gasteiger partial charge in [0.25, 0.3) is 0 Å². The standard InChI is InChI=1S/C14H11NO3/c16-13(9-4-2-1-3-5-9)10-6-7-12-11(8-10)15-14(17)18-12/h1-8,13,16H,(H,15,17). The van der Waals surface area contributed by atoms with Gasteiger partial charge in [0.1, 0.15) is 6.10 Å². The molecule has 0 aliphatic rings. The van der Waals surface area contributed by atoms with Crippen LogP contribution in [0.4, 0.5) is 0 Å². The van der Waals surface area contributed by atoms with Gasteiger partial charge in [-0.05, 0) is 23.3 Å². The summed E-state index contributed by atoms with van der Waals surface area (Å²) in [5.74, 6) is -0.489. The molecule has 90 valence electrons. The highest BCUT2D eigenvalue weighted by Gasteiger charge is 2.11. The van der Waals surface area contributed by atoms with Gasteiger partial charge in [0.05, 0.1) is 5.52 Å². The molecule has 0 bridgehead atoms. The van der Waals surface area contributed by atoms with Crippen molar-refractivity contribution in [2.24, 2.45) is 0 Å². The summed E-state index contributed by atoms with van der Waals surface area (Å²) >= 11 is 0. The van der Waals surface area contributed by atoms with Gasteiger partial charge in [0, 0.05) is 0 Å². The molecule has 0 fully saturated rings. The lowest BCUT2D eigenvalue weighted by Gasteiger charge is -2.10. The molecule has 0 radical (unpaired) electrons. The summed E-state index contributed by atoms with van der Waals surface area (Å²) in [6.45, 7) is 0. The van der Waals surface area contributed by atoms with E-state index in [0.29, 0.717) is 16.7 Å². The number of benzene rings is 2. The number of aromatic amines is 1. The fourth-order valence-corrected chi connectivity index (χ4v) is 1.97. The van der Waals surface area contributed by atoms with Crippen molar-refractivity contribution < 1.29 is 9.52 Å². The van der Waals surface area contributed by atoms with Gasteiger partial charge in [-0.1, -0.05) is 36.4 Å². The lowest BCUT2D eigenvalue weighted by atomic mass is 10.0. The molecular weight excluding hydrogens is 230 g/mol. The molecule has 0 spiro atoms. The van der Waals surface area contributed by atoms with Crippen molar-refractivity contribution in [3.63, 3.8) is 0 Å². The van der Waals surface area contributed by atoms with Gasteiger partial charge in [-0.15, -0.1) is 0 Å². The Bertz CT molecular complexity index is 727. The highest BCUT2D eigenvalue weighted by molar-refractivity contribution is 5.73. The van der Waals surface area contributed by atoms with E-state index >= 15 is 0 Å². The van der Waals surface area contributed by atoms with Gasteiger partial charge in [-0.3, -0.25) is 4.98 Å². The first-order valence-electron chi connectivity index (χ1n) is 5.60. The average Bonchev–Trinajstić information content (AvgIpc) is 2.78. The van der Waals surface area contributed by atoms with Crippen molar-refractivity contribution in [2.75, 3.05) is 0 Å². The average molecular weight is 241 g/mol. The molecule has 0 aliphatic carbocycles. The van der Waals surface area contributed by atoms with Crippen LogP contribution in [-0.2, 0) is 0 Å². The molecule has 18 heavy (non-hydrogen) atoms. The quantitative estimate of drug-likeness (QED) is 0.722. The third kappa shape index (κ3) is 1.83. The van der Waals surface area contributed by atoms with Crippen LogP contribution in [0.15, 0.2) is 57.7 Å². The van der Waals surface area contributed by atoms with E-state index in [0.717, 1.165) is 5.56 Å². The van der Waals surface area contributed by atoms with Gasteiger partial charge in [0.15, 0.2) is 5.58 Å². The first-order valence-corrected chi connectivity index (χ1v) is 5.60. The fraction of sp³-hybridized carbons (Fsp3) is 0.0714. The van der Waals surface area contributed by atoms with Gasteiger partial charge < -0.3 is 9.52 Å². The number of aliphatic hydroxyl groups excluding tert-OH is 1. The number of nitrogens with one attached hydrogen (secondary N) is 1. The summed E-state index contributed by atoms with van der Waals surface area (Å²) in [5.41, 5.74) is 2.60.